The second-order valence-corrected chi connectivity index (χ2v) is 6.15. The molecular formula is C19H18F3NO. The molecule has 0 aliphatic carbocycles. The van der Waals surface area contributed by atoms with E-state index in [1.165, 1.54) is 10.5 Å². The van der Waals surface area contributed by atoms with Crippen molar-refractivity contribution in [3.63, 3.8) is 0 Å². The van der Waals surface area contributed by atoms with Gasteiger partial charge in [-0.3, -0.25) is 4.79 Å². The Kier molecular flexibility index (Phi) is 4.88. The molecule has 0 saturated carbocycles. The van der Waals surface area contributed by atoms with Crippen LogP contribution in [0.25, 0.3) is 0 Å². The maximum atomic E-state index is 13.8. The van der Waals surface area contributed by atoms with Gasteiger partial charge in [-0.1, -0.05) is 30.3 Å². The lowest BCUT2D eigenvalue weighted by Crippen LogP contribution is -2.39. The summed E-state index contributed by atoms with van der Waals surface area (Å²) in [6.45, 7) is 0.990. The van der Waals surface area contributed by atoms with Crippen molar-refractivity contribution in [2.45, 2.75) is 19.3 Å². The second-order valence-electron chi connectivity index (χ2n) is 6.15. The molecule has 1 amide bonds. The third-order valence-electron chi connectivity index (χ3n) is 4.53. The predicted molar refractivity (Wildman–Crippen MR) is 85.1 cm³/mol. The van der Waals surface area contributed by atoms with Crippen LogP contribution in [0.3, 0.4) is 0 Å². The minimum Gasteiger partial charge on any atom is -0.339 e. The van der Waals surface area contributed by atoms with Crippen LogP contribution in [-0.4, -0.2) is 23.9 Å². The summed E-state index contributed by atoms with van der Waals surface area (Å²) in [5, 5.41) is 0. The Morgan fingerprint density at radius 2 is 1.62 bits per heavy atom. The lowest BCUT2D eigenvalue weighted by atomic mass is 9.90. The highest BCUT2D eigenvalue weighted by molar-refractivity contribution is 5.94. The van der Waals surface area contributed by atoms with Crippen LogP contribution >= 0.6 is 0 Å². The fourth-order valence-corrected chi connectivity index (χ4v) is 3.15. The summed E-state index contributed by atoms with van der Waals surface area (Å²) in [5.74, 6) is -4.41. The summed E-state index contributed by atoms with van der Waals surface area (Å²) < 4.78 is 40.1. The van der Waals surface area contributed by atoms with E-state index in [1.54, 1.807) is 0 Å². The van der Waals surface area contributed by atoms with E-state index in [9.17, 15) is 18.0 Å². The Labute approximate surface area is 138 Å². The number of nitrogens with zero attached hydrogens (tertiary/aromatic N) is 1. The molecule has 0 unspecified atom stereocenters. The van der Waals surface area contributed by atoms with Crippen LogP contribution in [-0.2, 0) is 6.42 Å². The van der Waals surface area contributed by atoms with Crippen molar-refractivity contribution >= 4 is 5.91 Å². The second kappa shape index (κ2) is 7.07. The van der Waals surface area contributed by atoms with Crippen LogP contribution < -0.4 is 0 Å². The third-order valence-corrected chi connectivity index (χ3v) is 4.53. The fraction of sp³-hybridized carbons (Fsp3) is 0.316. The molecule has 0 radical (unpaired) electrons. The highest BCUT2D eigenvalue weighted by Gasteiger charge is 2.27. The van der Waals surface area contributed by atoms with Crippen molar-refractivity contribution < 1.29 is 18.0 Å². The van der Waals surface area contributed by atoms with Gasteiger partial charge in [0.25, 0.3) is 5.91 Å². The summed E-state index contributed by atoms with van der Waals surface area (Å²) in [6, 6.07) is 11.9. The molecular weight excluding hydrogens is 315 g/mol. The first-order valence-electron chi connectivity index (χ1n) is 8.03. The average Bonchev–Trinajstić information content (AvgIpc) is 2.61. The molecule has 1 aliphatic rings. The molecule has 0 N–H and O–H groups in total. The van der Waals surface area contributed by atoms with E-state index in [1.807, 2.05) is 18.2 Å². The molecule has 0 bridgehead atoms. The number of rotatable bonds is 3. The van der Waals surface area contributed by atoms with Crippen LogP contribution in [0.1, 0.15) is 28.8 Å². The first-order valence-corrected chi connectivity index (χ1v) is 8.03. The normalized spacial score (nSPS) is 15.5. The summed E-state index contributed by atoms with van der Waals surface area (Å²) in [5.41, 5.74) is 0.851. The molecule has 1 aliphatic heterocycles. The van der Waals surface area contributed by atoms with Gasteiger partial charge in [0.05, 0.1) is 5.56 Å². The number of hydrogen-bond donors (Lipinski definition) is 0. The topological polar surface area (TPSA) is 20.3 Å². The van der Waals surface area contributed by atoms with Gasteiger partial charge in [-0.2, -0.15) is 0 Å². The van der Waals surface area contributed by atoms with Crippen molar-refractivity contribution in [1.29, 1.82) is 0 Å². The quantitative estimate of drug-likeness (QED) is 0.771. The fourth-order valence-electron chi connectivity index (χ4n) is 3.15. The molecule has 24 heavy (non-hydrogen) atoms. The number of benzene rings is 2. The van der Waals surface area contributed by atoms with Gasteiger partial charge in [0.1, 0.15) is 0 Å². The third kappa shape index (κ3) is 3.45. The molecule has 1 fully saturated rings. The summed E-state index contributed by atoms with van der Waals surface area (Å²) in [7, 11) is 0. The van der Waals surface area contributed by atoms with Gasteiger partial charge in [-0.05, 0) is 42.9 Å². The monoisotopic (exact) mass is 333 g/mol. The van der Waals surface area contributed by atoms with E-state index in [0.717, 1.165) is 31.4 Å². The molecule has 0 spiro atoms. The molecule has 126 valence electrons. The van der Waals surface area contributed by atoms with E-state index >= 15 is 0 Å². The number of carbonyl (C=O) groups is 1. The SMILES string of the molecule is O=C(c1ccc(F)c(F)c1F)N1CCC(Cc2ccccc2)CC1. The number of carbonyl (C=O) groups excluding carboxylic acids is 1. The summed E-state index contributed by atoms with van der Waals surface area (Å²) in [4.78, 5) is 13.9. The lowest BCUT2D eigenvalue weighted by molar-refractivity contribution is 0.0684. The van der Waals surface area contributed by atoms with Crippen molar-refractivity contribution in [1.82, 2.24) is 4.90 Å². The molecule has 3 rings (SSSR count). The van der Waals surface area contributed by atoms with Crippen molar-refractivity contribution in [2.24, 2.45) is 5.92 Å². The Morgan fingerprint density at radius 1 is 0.958 bits per heavy atom. The summed E-state index contributed by atoms with van der Waals surface area (Å²) >= 11 is 0. The number of likely N-dealkylation sites (tertiary alicyclic amines) is 1. The van der Waals surface area contributed by atoms with Crippen molar-refractivity contribution in [3.8, 4) is 0 Å². The first-order chi connectivity index (χ1) is 11.6. The average molecular weight is 333 g/mol. The van der Waals surface area contributed by atoms with Crippen LogP contribution in [0.15, 0.2) is 42.5 Å². The van der Waals surface area contributed by atoms with Crippen LogP contribution in [0.4, 0.5) is 13.2 Å². The van der Waals surface area contributed by atoms with Crippen LogP contribution in [0, 0.1) is 23.4 Å². The number of piperidine rings is 1. The van der Waals surface area contributed by atoms with Gasteiger partial charge >= 0.3 is 0 Å². The summed E-state index contributed by atoms with van der Waals surface area (Å²) in [6.07, 6.45) is 2.57. The van der Waals surface area contributed by atoms with Crippen molar-refractivity contribution in [2.75, 3.05) is 13.1 Å². The Morgan fingerprint density at radius 3 is 2.29 bits per heavy atom. The number of halogens is 3. The van der Waals surface area contributed by atoms with E-state index in [-0.39, 0.29) is 0 Å². The Bertz CT molecular complexity index is 725. The molecule has 1 saturated heterocycles. The van der Waals surface area contributed by atoms with E-state index in [4.69, 9.17) is 0 Å². The standard InChI is InChI=1S/C19H18F3NO/c20-16-7-6-15(17(21)18(16)22)19(24)23-10-8-14(9-11-23)12-13-4-2-1-3-5-13/h1-7,14H,8-12H2. The highest BCUT2D eigenvalue weighted by atomic mass is 19.2. The van der Waals surface area contributed by atoms with Gasteiger partial charge in [-0.25, -0.2) is 13.2 Å². The minimum absolute atomic E-state index is 0.407. The zero-order valence-electron chi connectivity index (χ0n) is 13.1. The van der Waals surface area contributed by atoms with Gasteiger partial charge in [0.2, 0.25) is 0 Å². The van der Waals surface area contributed by atoms with Gasteiger partial charge in [-0.15, -0.1) is 0 Å². The molecule has 1 heterocycles. The number of hydrogen-bond acceptors (Lipinski definition) is 1. The molecule has 2 aromatic carbocycles. The van der Waals surface area contributed by atoms with Crippen LogP contribution in [0.2, 0.25) is 0 Å². The molecule has 0 atom stereocenters. The minimum atomic E-state index is -1.60. The zero-order chi connectivity index (χ0) is 17.1. The van der Waals surface area contributed by atoms with E-state index in [0.29, 0.717) is 19.0 Å². The highest BCUT2D eigenvalue weighted by Crippen LogP contribution is 2.24. The van der Waals surface area contributed by atoms with Gasteiger partial charge in [0.15, 0.2) is 17.5 Å². The van der Waals surface area contributed by atoms with Gasteiger partial charge in [0, 0.05) is 13.1 Å². The van der Waals surface area contributed by atoms with E-state index < -0.39 is 28.9 Å². The largest absolute Gasteiger partial charge is 0.339 e. The Balaban J connectivity index is 1.62. The van der Waals surface area contributed by atoms with E-state index in [2.05, 4.69) is 12.1 Å². The Hall–Kier alpha value is -2.30. The molecule has 2 aromatic rings. The van der Waals surface area contributed by atoms with Crippen molar-refractivity contribution in [3.05, 3.63) is 71.0 Å². The molecule has 2 nitrogen and oxygen atoms in total. The predicted octanol–water partition coefficient (Wildman–Crippen LogP) is 4.20. The smallest absolute Gasteiger partial charge is 0.256 e. The first kappa shape index (κ1) is 16.6. The molecule has 0 aromatic heterocycles. The maximum Gasteiger partial charge on any atom is 0.256 e. The zero-order valence-corrected chi connectivity index (χ0v) is 13.1. The lowest BCUT2D eigenvalue weighted by Gasteiger charge is -2.32. The van der Waals surface area contributed by atoms with Gasteiger partial charge < -0.3 is 4.90 Å². The van der Waals surface area contributed by atoms with Crippen LogP contribution in [0.5, 0.6) is 0 Å². The molecule has 5 heteroatoms. The maximum absolute atomic E-state index is 13.8. The number of amides is 1.